The number of carbonyl (C=O) groups is 1. The molecule has 0 unspecified atom stereocenters. The third-order valence-corrected chi connectivity index (χ3v) is 5.08. The topological polar surface area (TPSA) is 50.4 Å². The van der Waals surface area contributed by atoms with E-state index in [1.54, 1.807) is 0 Å². The number of hydrogen-bond donors (Lipinski definition) is 2. The molecule has 0 bridgehead atoms. The van der Waals surface area contributed by atoms with Crippen LogP contribution in [0.3, 0.4) is 0 Å². The number of amides is 1. The summed E-state index contributed by atoms with van der Waals surface area (Å²) in [6, 6.07) is 21.2. The molecule has 0 radical (unpaired) electrons. The molecular weight excluding hydrogens is 484 g/mol. The van der Waals surface area contributed by atoms with E-state index in [9.17, 15) is 4.79 Å². The Morgan fingerprint density at radius 1 is 0.964 bits per heavy atom. The highest BCUT2D eigenvalue weighted by Crippen LogP contribution is 2.26. The number of hydrogen-bond acceptors (Lipinski definition) is 3. The zero-order valence-corrected chi connectivity index (χ0v) is 18.5. The van der Waals surface area contributed by atoms with E-state index in [1.165, 1.54) is 0 Å². The van der Waals surface area contributed by atoms with E-state index < -0.39 is 0 Å². The van der Waals surface area contributed by atoms with Gasteiger partial charge >= 0.3 is 0 Å². The second-order valence-corrected chi connectivity index (χ2v) is 8.10. The SMILES string of the molecule is Cc1cc(Br)ccc1NCc1cc(Br)ccc1OCC(=O)Nc1ccccc1. The third kappa shape index (κ3) is 5.84. The maximum atomic E-state index is 12.2. The minimum atomic E-state index is -0.197. The van der Waals surface area contributed by atoms with Crippen LogP contribution < -0.4 is 15.4 Å². The van der Waals surface area contributed by atoms with Gasteiger partial charge in [0.25, 0.3) is 5.91 Å². The molecule has 28 heavy (non-hydrogen) atoms. The Hall–Kier alpha value is -2.31. The highest BCUT2D eigenvalue weighted by atomic mass is 79.9. The normalized spacial score (nSPS) is 10.4. The Balaban J connectivity index is 1.64. The van der Waals surface area contributed by atoms with Gasteiger partial charge in [-0.2, -0.15) is 0 Å². The quantitative estimate of drug-likeness (QED) is 0.406. The van der Waals surface area contributed by atoms with Crippen LogP contribution in [0.5, 0.6) is 5.75 Å². The van der Waals surface area contributed by atoms with Crippen LogP contribution in [-0.4, -0.2) is 12.5 Å². The number of carbonyl (C=O) groups excluding carboxylic acids is 1. The zero-order valence-electron chi connectivity index (χ0n) is 15.3. The van der Waals surface area contributed by atoms with E-state index in [-0.39, 0.29) is 12.5 Å². The van der Waals surface area contributed by atoms with Crippen LogP contribution in [0.1, 0.15) is 11.1 Å². The van der Waals surface area contributed by atoms with Gasteiger partial charge in [0.2, 0.25) is 0 Å². The summed E-state index contributed by atoms with van der Waals surface area (Å²) < 4.78 is 7.79. The van der Waals surface area contributed by atoms with E-state index in [0.29, 0.717) is 12.3 Å². The number of halogens is 2. The number of nitrogens with one attached hydrogen (secondary N) is 2. The van der Waals surface area contributed by atoms with Gasteiger partial charge in [-0.1, -0.05) is 50.1 Å². The molecule has 3 rings (SSSR count). The van der Waals surface area contributed by atoms with E-state index in [1.807, 2.05) is 60.7 Å². The Morgan fingerprint density at radius 2 is 1.68 bits per heavy atom. The van der Waals surface area contributed by atoms with Gasteiger partial charge < -0.3 is 15.4 Å². The fourth-order valence-electron chi connectivity index (χ4n) is 2.70. The van der Waals surface area contributed by atoms with Gasteiger partial charge in [0.15, 0.2) is 6.61 Å². The van der Waals surface area contributed by atoms with Crippen molar-refractivity contribution in [3.8, 4) is 5.75 Å². The molecule has 0 heterocycles. The molecule has 0 atom stereocenters. The number of anilines is 2. The van der Waals surface area contributed by atoms with E-state index in [4.69, 9.17) is 4.74 Å². The first-order valence-corrected chi connectivity index (χ1v) is 10.4. The molecule has 1 amide bonds. The van der Waals surface area contributed by atoms with E-state index in [2.05, 4.69) is 55.5 Å². The third-order valence-electron chi connectivity index (χ3n) is 4.10. The van der Waals surface area contributed by atoms with Crippen molar-refractivity contribution in [1.82, 2.24) is 0 Å². The van der Waals surface area contributed by atoms with Crippen LogP contribution >= 0.6 is 31.9 Å². The van der Waals surface area contributed by atoms with Gasteiger partial charge in [-0.05, 0) is 61.0 Å². The molecule has 4 nitrogen and oxygen atoms in total. The van der Waals surface area contributed by atoms with Crippen molar-refractivity contribution in [3.63, 3.8) is 0 Å². The van der Waals surface area contributed by atoms with Gasteiger partial charge in [0.1, 0.15) is 5.75 Å². The van der Waals surface area contributed by atoms with Crippen LogP contribution in [0.2, 0.25) is 0 Å². The lowest BCUT2D eigenvalue weighted by Crippen LogP contribution is -2.20. The van der Waals surface area contributed by atoms with Crippen molar-refractivity contribution >= 4 is 49.1 Å². The van der Waals surface area contributed by atoms with Crippen LogP contribution in [0.4, 0.5) is 11.4 Å². The van der Waals surface area contributed by atoms with E-state index >= 15 is 0 Å². The van der Waals surface area contributed by atoms with Gasteiger partial charge in [-0.15, -0.1) is 0 Å². The number of rotatable bonds is 7. The summed E-state index contributed by atoms with van der Waals surface area (Å²) >= 11 is 6.98. The van der Waals surface area contributed by atoms with Crippen LogP contribution in [-0.2, 0) is 11.3 Å². The Kier molecular flexibility index (Phi) is 7.12. The number of benzene rings is 3. The van der Waals surface area contributed by atoms with Gasteiger partial charge in [-0.3, -0.25) is 4.79 Å². The first-order chi connectivity index (χ1) is 13.5. The van der Waals surface area contributed by atoms with Crippen molar-refractivity contribution in [2.75, 3.05) is 17.2 Å². The summed E-state index contributed by atoms with van der Waals surface area (Å²) in [6.45, 7) is 2.58. The van der Waals surface area contributed by atoms with Crippen LogP contribution in [0.25, 0.3) is 0 Å². The fourth-order valence-corrected chi connectivity index (χ4v) is 3.59. The molecule has 0 aliphatic carbocycles. The summed E-state index contributed by atoms with van der Waals surface area (Å²) in [5.74, 6) is 0.477. The summed E-state index contributed by atoms with van der Waals surface area (Å²) in [5.41, 5.74) is 3.91. The lowest BCUT2D eigenvalue weighted by atomic mass is 10.1. The standard InChI is InChI=1S/C22H20Br2N2O2/c1-15-11-17(23)7-9-20(15)25-13-16-12-18(24)8-10-21(16)28-14-22(27)26-19-5-3-2-4-6-19/h2-12,25H,13-14H2,1H3,(H,26,27). The number of aryl methyl sites for hydroxylation is 1. The minimum Gasteiger partial charge on any atom is -0.483 e. The molecule has 3 aromatic rings. The van der Waals surface area contributed by atoms with Crippen molar-refractivity contribution in [2.45, 2.75) is 13.5 Å². The molecule has 144 valence electrons. The number of ether oxygens (including phenoxy) is 1. The fraction of sp³-hybridized carbons (Fsp3) is 0.136. The summed E-state index contributed by atoms with van der Waals surface area (Å²) in [5, 5.41) is 6.25. The predicted octanol–water partition coefficient (Wildman–Crippen LogP) is 6.15. The highest BCUT2D eigenvalue weighted by molar-refractivity contribution is 9.10. The predicted molar refractivity (Wildman–Crippen MR) is 121 cm³/mol. The molecule has 0 fully saturated rings. The first kappa shape index (κ1) is 20.4. The second kappa shape index (κ2) is 9.75. The molecule has 2 N–H and O–H groups in total. The number of para-hydroxylation sites is 1. The Bertz CT molecular complexity index is 962. The van der Waals surface area contributed by atoms with Crippen molar-refractivity contribution in [1.29, 1.82) is 0 Å². The monoisotopic (exact) mass is 502 g/mol. The summed E-state index contributed by atoms with van der Waals surface area (Å²) in [7, 11) is 0. The zero-order chi connectivity index (χ0) is 19.9. The maximum Gasteiger partial charge on any atom is 0.262 e. The Morgan fingerprint density at radius 3 is 2.43 bits per heavy atom. The van der Waals surface area contributed by atoms with E-state index in [0.717, 1.165) is 31.4 Å². The molecule has 0 aliphatic rings. The van der Waals surface area contributed by atoms with Crippen LogP contribution in [0, 0.1) is 6.92 Å². The Labute approximate surface area is 181 Å². The molecule has 0 saturated heterocycles. The molecule has 6 heteroatoms. The average Bonchev–Trinajstić information content (AvgIpc) is 2.67. The molecular formula is C22H20Br2N2O2. The summed E-state index contributed by atoms with van der Waals surface area (Å²) in [6.07, 6.45) is 0. The van der Waals surface area contributed by atoms with Crippen LogP contribution in [0.15, 0.2) is 75.7 Å². The highest BCUT2D eigenvalue weighted by Gasteiger charge is 2.09. The molecule has 0 spiro atoms. The maximum absolute atomic E-state index is 12.2. The molecule has 3 aromatic carbocycles. The van der Waals surface area contributed by atoms with Gasteiger partial charge in [0, 0.05) is 32.4 Å². The van der Waals surface area contributed by atoms with Gasteiger partial charge in [0.05, 0.1) is 0 Å². The molecule has 0 aliphatic heterocycles. The van der Waals surface area contributed by atoms with Gasteiger partial charge in [-0.25, -0.2) is 0 Å². The molecule has 0 aromatic heterocycles. The van der Waals surface area contributed by atoms with Crippen molar-refractivity contribution < 1.29 is 9.53 Å². The largest absolute Gasteiger partial charge is 0.483 e. The lowest BCUT2D eigenvalue weighted by Gasteiger charge is -2.15. The van der Waals surface area contributed by atoms with Crippen molar-refractivity contribution in [2.24, 2.45) is 0 Å². The summed E-state index contributed by atoms with van der Waals surface area (Å²) in [4.78, 5) is 12.2. The minimum absolute atomic E-state index is 0.0547. The molecule has 0 saturated carbocycles. The van der Waals surface area contributed by atoms with Crippen molar-refractivity contribution in [3.05, 3.63) is 86.8 Å². The average molecular weight is 504 g/mol. The first-order valence-electron chi connectivity index (χ1n) is 8.77. The smallest absolute Gasteiger partial charge is 0.262 e. The lowest BCUT2D eigenvalue weighted by molar-refractivity contribution is -0.118. The second-order valence-electron chi connectivity index (χ2n) is 6.27.